The Morgan fingerprint density at radius 3 is 2.69 bits per heavy atom. The molecule has 8 nitrogen and oxygen atoms in total. The lowest BCUT2D eigenvalue weighted by atomic mass is 10.0. The van der Waals surface area contributed by atoms with Crippen molar-refractivity contribution in [2.75, 3.05) is 12.8 Å². The molecule has 152 valence electrons. The predicted octanol–water partition coefficient (Wildman–Crippen LogP) is 2.55. The molecular formula is C17H15F2N5O3S2. The monoisotopic (exact) mass is 439 g/mol. The molecule has 2 N–H and O–H groups in total. The van der Waals surface area contributed by atoms with Gasteiger partial charge in [-0.05, 0) is 19.1 Å². The number of aliphatic imine (C=N–C) groups is 1. The molecule has 0 radical (unpaired) electrons. The van der Waals surface area contributed by atoms with Crippen LogP contribution in [0.1, 0.15) is 11.8 Å². The number of aromatic nitrogens is 2. The van der Waals surface area contributed by atoms with E-state index in [2.05, 4.69) is 15.2 Å². The average Bonchev–Trinajstić information content (AvgIpc) is 3.29. The van der Waals surface area contributed by atoms with Crippen molar-refractivity contribution in [2.45, 2.75) is 12.5 Å². The molecule has 0 aliphatic carbocycles. The lowest BCUT2D eigenvalue weighted by molar-refractivity contribution is 0.466. The first kappa shape index (κ1) is 19.5. The van der Waals surface area contributed by atoms with Gasteiger partial charge in [0.15, 0.2) is 0 Å². The highest BCUT2D eigenvalue weighted by Gasteiger charge is 2.43. The lowest BCUT2D eigenvalue weighted by Crippen LogP contribution is -2.50. The fraction of sp³-hybridized carbons (Fsp3) is 0.235. The summed E-state index contributed by atoms with van der Waals surface area (Å²) in [5.74, 6) is -2.05. The third-order valence-corrected chi connectivity index (χ3v) is 7.94. The van der Waals surface area contributed by atoms with Crippen LogP contribution in [-0.4, -0.2) is 41.7 Å². The molecule has 0 unspecified atom stereocenters. The van der Waals surface area contributed by atoms with Gasteiger partial charge in [-0.15, -0.1) is 21.5 Å². The molecule has 0 bridgehead atoms. The van der Waals surface area contributed by atoms with Gasteiger partial charge in [-0.1, -0.05) is 12.1 Å². The molecule has 0 saturated heterocycles. The van der Waals surface area contributed by atoms with E-state index in [1.165, 1.54) is 26.1 Å². The Hall–Kier alpha value is -2.86. The highest BCUT2D eigenvalue weighted by molar-refractivity contribution is 7.89. The first-order chi connectivity index (χ1) is 13.6. The molecule has 1 aromatic carbocycles. The number of hydrogen-bond acceptors (Lipinski definition) is 8. The van der Waals surface area contributed by atoms with Gasteiger partial charge in [0.25, 0.3) is 0 Å². The molecule has 4 rings (SSSR count). The van der Waals surface area contributed by atoms with Gasteiger partial charge in [0, 0.05) is 17.5 Å². The molecule has 2 aromatic heterocycles. The summed E-state index contributed by atoms with van der Waals surface area (Å²) < 4.78 is 60.5. The number of sulfonamides is 1. The number of thiophene rings is 1. The van der Waals surface area contributed by atoms with E-state index in [1.807, 2.05) is 0 Å². The normalized spacial score (nSPS) is 21.2. The molecule has 29 heavy (non-hydrogen) atoms. The summed E-state index contributed by atoms with van der Waals surface area (Å²) in [5, 5.41) is 7.22. The molecule has 1 atom stereocenters. The first-order valence-corrected chi connectivity index (χ1v) is 10.7. The van der Waals surface area contributed by atoms with Gasteiger partial charge < -0.3 is 10.2 Å². The van der Waals surface area contributed by atoms with Crippen LogP contribution in [0.15, 0.2) is 40.1 Å². The van der Waals surface area contributed by atoms with E-state index in [0.717, 1.165) is 28.1 Å². The van der Waals surface area contributed by atoms with E-state index in [-0.39, 0.29) is 32.7 Å². The third kappa shape index (κ3) is 3.17. The SMILES string of the molecule is CN1C(N)=N[C@](C)(c2sc(-c3cccc(-c4nnco4)c3F)cc2F)CS1(=O)=O. The minimum atomic E-state index is -3.77. The summed E-state index contributed by atoms with van der Waals surface area (Å²) >= 11 is 0.915. The van der Waals surface area contributed by atoms with Gasteiger partial charge in [-0.25, -0.2) is 26.5 Å². The maximum Gasteiger partial charge on any atom is 0.250 e. The first-order valence-electron chi connectivity index (χ1n) is 8.29. The summed E-state index contributed by atoms with van der Waals surface area (Å²) in [6, 6.07) is 5.67. The molecule has 12 heteroatoms. The molecule has 0 spiro atoms. The van der Waals surface area contributed by atoms with Crippen LogP contribution in [0, 0.1) is 11.6 Å². The van der Waals surface area contributed by atoms with Crippen LogP contribution >= 0.6 is 11.3 Å². The van der Waals surface area contributed by atoms with Gasteiger partial charge in [0.1, 0.15) is 17.2 Å². The quantitative estimate of drug-likeness (QED) is 0.671. The van der Waals surface area contributed by atoms with Crippen molar-refractivity contribution in [3.05, 3.63) is 47.2 Å². The Balaban J connectivity index is 1.82. The third-order valence-electron chi connectivity index (χ3n) is 4.60. The molecule has 0 saturated carbocycles. The molecule has 1 aliphatic heterocycles. The fourth-order valence-electron chi connectivity index (χ4n) is 3.11. The average molecular weight is 439 g/mol. The second kappa shape index (κ2) is 6.59. The van der Waals surface area contributed by atoms with Crippen molar-refractivity contribution >= 4 is 27.3 Å². The fourth-order valence-corrected chi connectivity index (χ4v) is 5.79. The molecule has 3 heterocycles. The second-order valence-corrected chi connectivity index (χ2v) is 9.72. The van der Waals surface area contributed by atoms with Crippen LogP contribution in [0.2, 0.25) is 0 Å². The van der Waals surface area contributed by atoms with Crippen LogP contribution in [0.4, 0.5) is 8.78 Å². The second-order valence-electron chi connectivity index (χ2n) is 6.67. The molecule has 1 aliphatic rings. The van der Waals surface area contributed by atoms with E-state index < -0.39 is 32.9 Å². The topological polar surface area (TPSA) is 115 Å². The van der Waals surface area contributed by atoms with Crippen LogP contribution in [0.5, 0.6) is 0 Å². The van der Waals surface area contributed by atoms with E-state index >= 15 is 4.39 Å². The summed E-state index contributed by atoms with van der Waals surface area (Å²) in [7, 11) is -2.49. The highest BCUT2D eigenvalue weighted by Crippen LogP contribution is 2.42. The van der Waals surface area contributed by atoms with Crippen molar-refractivity contribution in [1.29, 1.82) is 0 Å². The number of halogens is 2. The van der Waals surface area contributed by atoms with Crippen molar-refractivity contribution in [2.24, 2.45) is 10.7 Å². The zero-order valence-electron chi connectivity index (χ0n) is 15.3. The highest BCUT2D eigenvalue weighted by atomic mass is 32.2. The Morgan fingerprint density at radius 1 is 1.31 bits per heavy atom. The lowest BCUT2D eigenvalue weighted by Gasteiger charge is -2.33. The number of guanidine groups is 1. The Kier molecular flexibility index (Phi) is 4.42. The van der Waals surface area contributed by atoms with E-state index in [9.17, 15) is 12.8 Å². The van der Waals surface area contributed by atoms with Crippen LogP contribution in [-0.2, 0) is 15.6 Å². The summed E-state index contributed by atoms with van der Waals surface area (Å²) in [6.45, 7) is 1.48. The van der Waals surface area contributed by atoms with Gasteiger partial charge in [0.2, 0.25) is 28.3 Å². The summed E-state index contributed by atoms with van der Waals surface area (Å²) in [5.41, 5.74) is 4.49. The van der Waals surface area contributed by atoms with Crippen LogP contribution in [0.3, 0.4) is 0 Å². The Morgan fingerprint density at radius 2 is 2.03 bits per heavy atom. The van der Waals surface area contributed by atoms with Crippen molar-refractivity contribution in [1.82, 2.24) is 14.5 Å². The summed E-state index contributed by atoms with van der Waals surface area (Å²) in [4.78, 5) is 4.51. The largest absolute Gasteiger partial charge is 0.423 e. The standard InChI is InChI=1S/C17H15F2N5O3S2/c1-17(7-29(25,26)24(2)16(20)22-17)14-11(18)6-12(28-14)9-4-3-5-10(13(9)19)15-23-21-8-27-15/h3-6,8H,7H2,1-2H3,(H2,20,22)/t17-/m0/s1. The summed E-state index contributed by atoms with van der Waals surface area (Å²) in [6.07, 6.45) is 1.08. The predicted molar refractivity (Wildman–Crippen MR) is 103 cm³/mol. The molecule has 0 fully saturated rings. The number of hydrogen-bond donors (Lipinski definition) is 1. The van der Waals surface area contributed by atoms with Gasteiger partial charge in [-0.2, -0.15) is 0 Å². The number of nitrogens with two attached hydrogens (primary N) is 1. The van der Waals surface area contributed by atoms with Crippen molar-refractivity contribution < 1.29 is 21.6 Å². The number of rotatable bonds is 3. The van der Waals surface area contributed by atoms with E-state index in [4.69, 9.17) is 10.2 Å². The molecular weight excluding hydrogens is 424 g/mol. The minimum absolute atomic E-state index is 0.00709. The van der Waals surface area contributed by atoms with Gasteiger partial charge >= 0.3 is 0 Å². The maximum atomic E-state index is 15.0. The van der Waals surface area contributed by atoms with Crippen molar-refractivity contribution in [3.63, 3.8) is 0 Å². The number of benzene rings is 1. The zero-order chi connectivity index (χ0) is 21.0. The maximum absolute atomic E-state index is 15.0. The number of nitrogens with zero attached hydrogens (tertiary/aromatic N) is 4. The van der Waals surface area contributed by atoms with Gasteiger partial charge in [-0.3, -0.25) is 0 Å². The molecule has 3 aromatic rings. The smallest absolute Gasteiger partial charge is 0.250 e. The van der Waals surface area contributed by atoms with Gasteiger partial charge in [0.05, 0.1) is 16.2 Å². The van der Waals surface area contributed by atoms with E-state index in [0.29, 0.717) is 0 Å². The van der Waals surface area contributed by atoms with Crippen LogP contribution < -0.4 is 5.73 Å². The Bertz CT molecular complexity index is 1220. The van der Waals surface area contributed by atoms with Crippen LogP contribution in [0.25, 0.3) is 21.9 Å². The van der Waals surface area contributed by atoms with E-state index in [1.54, 1.807) is 6.07 Å². The Labute approximate surface area is 168 Å². The molecule has 0 amide bonds. The minimum Gasteiger partial charge on any atom is -0.423 e. The zero-order valence-corrected chi connectivity index (χ0v) is 16.9. The van der Waals surface area contributed by atoms with Crippen molar-refractivity contribution in [3.8, 4) is 21.9 Å².